The third kappa shape index (κ3) is 2.55. The van der Waals surface area contributed by atoms with E-state index in [-0.39, 0.29) is 0 Å². The molecule has 0 radical (unpaired) electrons. The van der Waals surface area contributed by atoms with E-state index in [0.29, 0.717) is 6.61 Å². The van der Waals surface area contributed by atoms with Crippen LogP contribution in [-0.4, -0.2) is 35.9 Å². The molecule has 0 aromatic carbocycles. The molecule has 2 rings (SSSR count). The molecule has 0 aliphatic rings. The van der Waals surface area contributed by atoms with Gasteiger partial charge >= 0.3 is 0 Å². The Kier molecular flexibility index (Phi) is 3.81. The predicted octanol–water partition coefficient (Wildman–Crippen LogP) is 1.89. The molecule has 0 saturated heterocycles. The molecule has 0 bridgehead atoms. The highest BCUT2D eigenvalue weighted by Gasteiger charge is 2.09. The third-order valence-electron chi connectivity index (χ3n) is 1.92. The number of ether oxygens (including phenoxy) is 1. The lowest BCUT2D eigenvalue weighted by molar-refractivity contribution is 0.202. The van der Waals surface area contributed by atoms with Crippen molar-refractivity contribution in [3.8, 4) is 9.88 Å². The quantitative estimate of drug-likeness (QED) is 0.885. The Morgan fingerprint density at radius 2 is 2.25 bits per heavy atom. The Bertz CT molecular complexity index is 454. The van der Waals surface area contributed by atoms with E-state index in [0.717, 1.165) is 26.4 Å². The van der Waals surface area contributed by atoms with Gasteiger partial charge in [-0.3, -0.25) is 0 Å². The number of hydrogen-bond acceptors (Lipinski definition) is 7. The van der Waals surface area contributed by atoms with E-state index in [2.05, 4.69) is 20.5 Å². The average Bonchev–Trinajstić information content (AvgIpc) is 2.94. The van der Waals surface area contributed by atoms with Crippen molar-refractivity contribution in [1.29, 1.82) is 0 Å². The van der Waals surface area contributed by atoms with Crippen molar-refractivity contribution in [2.75, 3.05) is 26.1 Å². The molecule has 0 saturated carbocycles. The number of hydrogen-bond donors (Lipinski definition) is 1. The van der Waals surface area contributed by atoms with Gasteiger partial charge < -0.3 is 10.1 Å². The van der Waals surface area contributed by atoms with Crippen LogP contribution in [0.3, 0.4) is 0 Å². The van der Waals surface area contributed by atoms with Gasteiger partial charge in [0.05, 0.1) is 16.5 Å². The number of nitrogens with one attached hydrogen (secondary N) is 1. The summed E-state index contributed by atoms with van der Waals surface area (Å²) in [5.74, 6) is 0. The van der Waals surface area contributed by atoms with Crippen LogP contribution in [0.1, 0.15) is 5.01 Å². The van der Waals surface area contributed by atoms with Gasteiger partial charge in [-0.05, 0) is 0 Å². The monoisotopic (exact) mass is 256 g/mol. The van der Waals surface area contributed by atoms with Crippen LogP contribution >= 0.6 is 22.7 Å². The molecule has 0 amide bonds. The van der Waals surface area contributed by atoms with E-state index in [4.69, 9.17) is 4.74 Å². The van der Waals surface area contributed by atoms with Gasteiger partial charge in [0.2, 0.25) is 5.13 Å². The lowest BCUT2D eigenvalue weighted by Gasteiger charge is -1.92. The lowest BCUT2D eigenvalue weighted by Crippen LogP contribution is -1.92. The first kappa shape index (κ1) is 11.4. The predicted molar refractivity (Wildman–Crippen MR) is 66.1 cm³/mol. The largest absolute Gasteiger partial charge is 0.384 e. The summed E-state index contributed by atoms with van der Waals surface area (Å²) in [6, 6.07) is 0. The van der Waals surface area contributed by atoms with E-state index in [1.807, 2.05) is 13.2 Å². The molecule has 2 heterocycles. The summed E-state index contributed by atoms with van der Waals surface area (Å²) in [4.78, 5) is 5.38. The van der Waals surface area contributed by atoms with Crippen LogP contribution in [0.15, 0.2) is 6.20 Å². The summed E-state index contributed by atoms with van der Waals surface area (Å²) in [5, 5.41) is 13.9. The van der Waals surface area contributed by atoms with Crippen molar-refractivity contribution >= 4 is 27.8 Å². The molecule has 0 spiro atoms. The maximum absolute atomic E-state index is 5.01. The molecule has 86 valence electrons. The van der Waals surface area contributed by atoms with Gasteiger partial charge in [0.1, 0.15) is 0 Å². The minimum absolute atomic E-state index is 0.699. The fourth-order valence-corrected chi connectivity index (χ4v) is 2.77. The molecular weight excluding hydrogens is 244 g/mol. The van der Waals surface area contributed by atoms with Crippen molar-refractivity contribution in [1.82, 2.24) is 15.2 Å². The van der Waals surface area contributed by atoms with Crippen LogP contribution in [0, 0.1) is 0 Å². The molecule has 2 aromatic rings. The standard InChI is InChI=1S/C9H12N4OS2/c1-10-9-13-12-8(16-9)6-5-11-7(15-6)3-4-14-2/h5H,3-4H2,1-2H3,(H,10,13). The molecule has 2 aromatic heterocycles. The van der Waals surface area contributed by atoms with E-state index in [1.54, 1.807) is 18.4 Å². The van der Waals surface area contributed by atoms with Crippen LogP contribution in [0.2, 0.25) is 0 Å². The number of rotatable bonds is 5. The van der Waals surface area contributed by atoms with E-state index in [1.165, 1.54) is 11.3 Å². The van der Waals surface area contributed by atoms with E-state index >= 15 is 0 Å². The normalized spacial score (nSPS) is 10.6. The highest BCUT2D eigenvalue weighted by atomic mass is 32.1. The average molecular weight is 256 g/mol. The maximum Gasteiger partial charge on any atom is 0.205 e. The Morgan fingerprint density at radius 1 is 1.38 bits per heavy atom. The number of nitrogens with zero attached hydrogens (tertiary/aromatic N) is 3. The molecule has 7 heteroatoms. The second kappa shape index (κ2) is 5.33. The van der Waals surface area contributed by atoms with Gasteiger partial charge in [-0.1, -0.05) is 11.3 Å². The van der Waals surface area contributed by atoms with Crippen LogP contribution in [0.5, 0.6) is 0 Å². The summed E-state index contributed by atoms with van der Waals surface area (Å²) >= 11 is 3.17. The summed E-state index contributed by atoms with van der Waals surface area (Å²) in [7, 11) is 3.53. The van der Waals surface area contributed by atoms with Crippen molar-refractivity contribution in [2.24, 2.45) is 0 Å². The lowest BCUT2D eigenvalue weighted by atomic mass is 10.5. The zero-order chi connectivity index (χ0) is 11.4. The summed E-state index contributed by atoms with van der Waals surface area (Å²) < 4.78 is 5.01. The SMILES string of the molecule is CNc1nnc(-c2cnc(CCOC)s2)s1. The van der Waals surface area contributed by atoms with Gasteiger partial charge in [0.15, 0.2) is 5.01 Å². The van der Waals surface area contributed by atoms with Gasteiger partial charge in [0, 0.05) is 26.8 Å². The summed E-state index contributed by atoms with van der Waals surface area (Å²) in [6.45, 7) is 0.699. The van der Waals surface area contributed by atoms with Crippen molar-refractivity contribution in [3.63, 3.8) is 0 Å². The smallest absolute Gasteiger partial charge is 0.205 e. The summed E-state index contributed by atoms with van der Waals surface area (Å²) in [6.07, 6.45) is 2.69. The Labute approximate surface area is 102 Å². The number of anilines is 1. The van der Waals surface area contributed by atoms with Gasteiger partial charge in [-0.25, -0.2) is 4.98 Å². The number of thiazole rings is 1. The molecule has 0 unspecified atom stereocenters. The van der Waals surface area contributed by atoms with E-state index in [9.17, 15) is 0 Å². The maximum atomic E-state index is 5.01. The van der Waals surface area contributed by atoms with Gasteiger partial charge in [0.25, 0.3) is 0 Å². The highest BCUT2D eigenvalue weighted by Crippen LogP contribution is 2.30. The fourth-order valence-electron chi connectivity index (χ4n) is 1.14. The second-order valence-electron chi connectivity index (χ2n) is 3.02. The van der Waals surface area contributed by atoms with Crippen LogP contribution in [0.25, 0.3) is 9.88 Å². The van der Waals surface area contributed by atoms with Crippen LogP contribution in [-0.2, 0) is 11.2 Å². The Balaban J connectivity index is 2.11. The number of aromatic nitrogens is 3. The molecule has 1 N–H and O–H groups in total. The van der Waals surface area contributed by atoms with Crippen molar-refractivity contribution < 1.29 is 4.74 Å². The Hall–Kier alpha value is -1.05. The van der Waals surface area contributed by atoms with Crippen molar-refractivity contribution in [3.05, 3.63) is 11.2 Å². The minimum atomic E-state index is 0.699. The molecular formula is C9H12N4OS2. The molecule has 16 heavy (non-hydrogen) atoms. The molecule has 0 atom stereocenters. The summed E-state index contributed by atoms with van der Waals surface area (Å²) in [5.41, 5.74) is 0. The highest BCUT2D eigenvalue weighted by molar-refractivity contribution is 7.23. The second-order valence-corrected chi connectivity index (χ2v) is 5.12. The molecule has 5 nitrogen and oxygen atoms in total. The van der Waals surface area contributed by atoms with Gasteiger partial charge in [-0.2, -0.15) is 0 Å². The van der Waals surface area contributed by atoms with Crippen molar-refractivity contribution in [2.45, 2.75) is 6.42 Å². The van der Waals surface area contributed by atoms with Crippen LogP contribution < -0.4 is 5.32 Å². The van der Waals surface area contributed by atoms with E-state index < -0.39 is 0 Å². The fraction of sp³-hybridized carbons (Fsp3) is 0.444. The minimum Gasteiger partial charge on any atom is -0.384 e. The van der Waals surface area contributed by atoms with Crippen LogP contribution in [0.4, 0.5) is 5.13 Å². The zero-order valence-corrected chi connectivity index (χ0v) is 10.7. The van der Waals surface area contributed by atoms with Gasteiger partial charge in [-0.15, -0.1) is 21.5 Å². The first-order valence-electron chi connectivity index (χ1n) is 4.78. The molecule has 0 aliphatic heterocycles. The first-order chi connectivity index (χ1) is 7.83. The topological polar surface area (TPSA) is 59.9 Å². The zero-order valence-electron chi connectivity index (χ0n) is 9.06. The molecule has 0 fully saturated rings. The Morgan fingerprint density at radius 3 is 2.94 bits per heavy atom. The third-order valence-corrected chi connectivity index (χ3v) is 4.09. The molecule has 0 aliphatic carbocycles. The number of methoxy groups -OCH3 is 1. The first-order valence-corrected chi connectivity index (χ1v) is 6.42.